The SMILES string of the molecule is CCOC(=O)c1cc2cc3ccccc3c(OC)c2[nH]1. The van der Waals surface area contributed by atoms with E-state index >= 15 is 0 Å². The fraction of sp³-hybridized carbons (Fsp3) is 0.188. The van der Waals surface area contributed by atoms with E-state index in [1.807, 2.05) is 30.3 Å². The second-order valence-electron chi connectivity index (χ2n) is 4.50. The van der Waals surface area contributed by atoms with Crippen LogP contribution in [0.25, 0.3) is 21.7 Å². The van der Waals surface area contributed by atoms with Gasteiger partial charge in [0.25, 0.3) is 0 Å². The molecule has 4 nitrogen and oxygen atoms in total. The number of esters is 1. The molecular weight excluding hydrogens is 254 g/mol. The minimum absolute atomic E-state index is 0.352. The number of aromatic amines is 1. The lowest BCUT2D eigenvalue weighted by atomic mass is 10.1. The Bertz CT molecular complexity index is 789. The Hall–Kier alpha value is -2.49. The van der Waals surface area contributed by atoms with E-state index in [2.05, 4.69) is 4.98 Å². The predicted octanol–water partition coefficient (Wildman–Crippen LogP) is 3.51. The van der Waals surface area contributed by atoms with Crippen LogP contribution in [-0.2, 0) is 4.74 Å². The van der Waals surface area contributed by atoms with Crippen LogP contribution in [0.2, 0.25) is 0 Å². The molecule has 3 rings (SSSR count). The van der Waals surface area contributed by atoms with Crippen molar-refractivity contribution in [1.82, 2.24) is 4.98 Å². The number of fused-ring (bicyclic) bond motifs is 2. The van der Waals surface area contributed by atoms with Gasteiger partial charge in [0.05, 0.1) is 19.2 Å². The number of H-pyrrole nitrogens is 1. The summed E-state index contributed by atoms with van der Waals surface area (Å²) in [6.45, 7) is 2.14. The maximum atomic E-state index is 11.8. The second kappa shape index (κ2) is 4.89. The summed E-state index contributed by atoms with van der Waals surface area (Å²) in [5.41, 5.74) is 1.25. The monoisotopic (exact) mass is 269 g/mol. The highest BCUT2D eigenvalue weighted by molar-refractivity contribution is 6.06. The molecule has 2 aromatic carbocycles. The lowest BCUT2D eigenvalue weighted by Crippen LogP contribution is -2.04. The Morgan fingerprint density at radius 2 is 2.00 bits per heavy atom. The quantitative estimate of drug-likeness (QED) is 0.740. The number of ether oxygens (including phenoxy) is 2. The number of carbonyl (C=O) groups excluding carboxylic acids is 1. The summed E-state index contributed by atoms with van der Waals surface area (Å²) >= 11 is 0. The summed E-state index contributed by atoms with van der Waals surface area (Å²) in [4.78, 5) is 14.9. The van der Waals surface area contributed by atoms with Crippen molar-refractivity contribution in [2.24, 2.45) is 0 Å². The minimum Gasteiger partial charge on any atom is -0.494 e. The first-order valence-corrected chi connectivity index (χ1v) is 6.50. The standard InChI is InChI=1S/C16H15NO3/c1-3-20-16(18)13-9-11-8-10-6-4-5-7-12(10)15(19-2)14(11)17-13/h4-9,17H,3H2,1-2H3. The second-order valence-corrected chi connectivity index (χ2v) is 4.50. The summed E-state index contributed by atoms with van der Waals surface area (Å²) in [6, 6.07) is 11.8. The van der Waals surface area contributed by atoms with Gasteiger partial charge in [-0.25, -0.2) is 4.79 Å². The molecule has 1 N–H and O–H groups in total. The largest absolute Gasteiger partial charge is 0.494 e. The van der Waals surface area contributed by atoms with Crippen molar-refractivity contribution < 1.29 is 14.3 Å². The lowest BCUT2D eigenvalue weighted by molar-refractivity contribution is 0.0520. The van der Waals surface area contributed by atoms with Crippen LogP contribution in [0.1, 0.15) is 17.4 Å². The number of benzene rings is 2. The molecule has 0 fully saturated rings. The van der Waals surface area contributed by atoms with Crippen LogP contribution in [0.15, 0.2) is 36.4 Å². The van der Waals surface area contributed by atoms with Crippen LogP contribution in [0.5, 0.6) is 5.75 Å². The van der Waals surface area contributed by atoms with Crippen LogP contribution in [0.3, 0.4) is 0 Å². The van der Waals surface area contributed by atoms with Crippen molar-refractivity contribution in [3.05, 3.63) is 42.1 Å². The molecule has 0 bridgehead atoms. The number of carbonyl (C=O) groups is 1. The Labute approximate surface area is 116 Å². The fourth-order valence-electron chi connectivity index (χ4n) is 2.43. The van der Waals surface area contributed by atoms with Crippen molar-refractivity contribution in [1.29, 1.82) is 0 Å². The predicted molar refractivity (Wildman–Crippen MR) is 78.3 cm³/mol. The van der Waals surface area contributed by atoms with Gasteiger partial charge < -0.3 is 14.5 Å². The van der Waals surface area contributed by atoms with Crippen LogP contribution in [0, 0.1) is 0 Å². The number of aromatic nitrogens is 1. The zero-order chi connectivity index (χ0) is 14.1. The zero-order valence-electron chi connectivity index (χ0n) is 11.4. The number of rotatable bonds is 3. The van der Waals surface area contributed by atoms with Crippen molar-refractivity contribution >= 4 is 27.6 Å². The topological polar surface area (TPSA) is 51.3 Å². The van der Waals surface area contributed by atoms with Gasteiger partial charge in [0.2, 0.25) is 0 Å². The molecule has 0 radical (unpaired) electrons. The Balaban J connectivity index is 2.27. The van der Waals surface area contributed by atoms with E-state index in [9.17, 15) is 4.79 Å². The van der Waals surface area contributed by atoms with Gasteiger partial charge in [-0.2, -0.15) is 0 Å². The molecule has 0 amide bonds. The van der Waals surface area contributed by atoms with E-state index in [1.165, 1.54) is 0 Å². The van der Waals surface area contributed by atoms with Gasteiger partial charge in [0.15, 0.2) is 5.75 Å². The summed E-state index contributed by atoms with van der Waals surface area (Å²) in [5, 5.41) is 3.02. The van der Waals surface area contributed by atoms with E-state index in [1.54, 1.807) is 20.1 Å². The van der Waals surface area contributed by atoms with Crippen molar-refractivity contribution in [3.8, 4) is 5.75 Å². The molecule has 3 aromatic rings. The van der Waals surface area contributed by atoms with Crippen molar-refractivity contribution in [3.63, 3.8) is 0 Å². The number of hydrogen-bond acceptors (Lipinski definition) is 3. The van der Waals surface area contributed by atoms with E-state index in [-0.39, 0.29) is 5.97 Å². The molecule has 102 valence electrons. The molecule has 0 aliphatic rings. The third-order valence-corrected chi connectivity index (χ3v) is 3.29. The normalized spacial score (nSPS) is 10.9. The van der Waals surface area contributed by atoms with E-state index < -0.39 is 0 Å². The smallest absolute Gasteiger partial charge is 0.354 e. The Kier molecular flexibility index (Phi) is 3.06. The number of hydrogen-bond donors (Lipinski definition) is 1. The average molecular weight is 269 g/mol. The summed E-state index contributed by atoms with van der Waals surface area (Å²) in [7, 11) is 1.63. The molecular formula is C16H15NO3. The van der Waals surface area contributed by atoms with Gasteiger partial charge in [-0.3, -0.25) is 0 Å². The molecule has 0 spiro atoms. The van der Waals surface area contributed by atoms with Crippen LogP contribution >= 0.6 is 0 Å². The number of nitrogens with one attached hydrogen (secondary N) is 1. The summed E-state index contributed by atoms with van der Waals surface area (Å²) in [6.07, 6.45) is 0. The third-order valence-electron chi connectivity index (χ3n) is 3.29. The molecule has 0 unspecified atom stereocenters. The van der Waals surface area contributed by atoms with Gasteiger partial charge in [-0.15, -0.1) is 0 Å². The van der Waals surface area contributed by atoms with Crippen LogP contribution < -0.4 is 4.74 Å². The Morgan fingerprint density at radius 3 is 2.75 bits per heavy atom. The highest BCUT2D eigenvalue weighted by atomic mass is 16.5. The van der Waals surface area contributed by atoms with Gasteiger partial charge >= 0.3 is 5.97 Å². The van der Waals surface area contributed by atoms with Crippen molar-refractivity contribution in [2.75, 3.05) is 13.7 Å². The van der Waals surface area contributed by atoms with Gasteiger partial charge in [-0.05, 0) is 24.4 Å². The van der Waals surface area contributed by atoms with E-state index in [4.69, 9.17) is 9.47 Å². The molecule has 1 aromatic heterocycles. The molecule has 0 aliphatic heterocycles. The van der Waals surface area contributed by atoms with Crippen LogP contribution in [-0.4, -0.2) is 24.7 Å². The summed E-state index contributed by atoms with van der Waals surface area (Å²) < 4.78 is 10.5. The molecule has 4 heteroatoms. The van der Waals surface area contributed by atoms with Crippen LogP contribution in [0.4, 0.5) is 0 Å². The molecule has 0 saturated carbocycles. The summed E-state index contributed by atoms with van der Waals surface area (Å²) in [5.74, 6) is 0.392. The molecule has 0 saturated heterocycles. The maximum Gasteiger partial charge on any atom is 0.354 e. The third kappa shape index (κ3) is 1.90. The van der Waals surface area contributed by atoms with E-state index in [0.717, 1.165) is 27.4 Å². The fourth-order valence-corrected chi connectivity index (χ4v) is 2.43. The molecule has 0 aliphatic carbocycles. The number of methoxy groups -OCH3 is 1. The molecule has 20 heavy (non-hydrogen) atoms. The average Bonchev–Trinajstić information content (AvgIpc) is 2.88. The lowest BCUT2D eigenvalue weighted by Gasteiger charge is -2.06. The van der Waals surface area contributed by atoms with Gasteiger partial charge in [0.1, 0.15) is 5.69 Å². The maximum absolute atomic E-state index is 11.8. The van der Waals surface area contributed by atoms with Crippen molar-refractivity contribution in [2.45, 2.75) is 6.92 Å². The van der Waals surface area contributed by atoms with E-state index in [0.29, 0.717) is 12.3 Å². The van der Waals surface area contributed by atoms with Gasteiger partial charge in [0, 0.05) is 10.8 Å². The molecule has 0 atom stereocenters. The molecule has 1 heterocycles. The highest BCUT2D eigenvalue weighted by Gasteiger charge is 2.15. The Morgan fingerprint density at radius 1 is 1.20 bits per heavy atom. The first kappa shape index (κ1) is 12.5. The minimum atomic E-state index is -0.352. The highest BCUT2D eigenvalue weighted by Crippen LogP contribution is 2.34. The first-order chi connectivity index (χ1) is 9.74. The zero-order valence-corrected chi connectivity index (χ0v) is 11.4. The first-order valence-electron chi connectivity index (χ1n) is 6.50. The van der Waals surface area contributed by atoms with Gasteiger partial charge in [-0.1, -0.05) is 24.3 Å².